The monoisotopic (exact) mass is 257 g/mol. The summed E-state index contributed by atoms with van der Waals surface area (Å²) in [4.78, 5) is 0. The fourth-order valence-corrected chi connectivity index (χ4v) is 3.33. The Balaban J connectivity index is 1.48. The first-order chi connectivity index (χ1) is 9.32. The van der Waals surface area contributed by atoms with Crippen molar-refractivity contribution in [3.8, 4) is 11.8 Å². The predicted octanol–water partition coefficient (Wildman–Crippen LogP) is 3.31. The molecule has 2 bridgehead atoms. The summed E-state index contributed by atoms with van der Waals surface area (Å²) in [5, 5.41) is 9.48. The van der Waals surface area contributed by atoms with Crippen molar-refractivity contribution in [3.63, 3.8) is 0 Å². The van der Waals surface area contributed by atoms with E-state index in [1.165, 1.54) is 0 Å². The van der Waals surface area contributed by atoms with E-state index in [-0.39, 0.29) is 11.5 Å². The average Bonchev–Trinajstić information content (AvgIpc) is 3.06. The Labute approximate surface area is 114 Å². The summed E-state index contributed by atoms with van der Waals surface area (Å²) in [7, 11) is 0. The lowest BCUT2D eigenvalue weighted by Gasteiger charge is -2.27. The second-order valence-electron chi connectivity index (χ2n) is 5.56. The van der Waals surface area contributed by atoms with Crippen LogP contribution in [0.3, 0.4) is 0 Å². The minimum absolute atomic E-state index is 0.166. The fraction of sp³-hybridized carbons (Fsp3) is 0.562. The Morgan fingerprint density at radius 3 is 2.79 bits per heavy atom. The molecule has 3 heteroatoms. The maximum Gasteiger partial charge on any atom is 0.119 e. The van der Waals surface area contributed by atoms with Crippen LogP contribution in [-0.2, 0) is 4.74 Å². The highest BCUT2D eigenvalue weighted by Crippen LogP contribution is 2.49. The molecule has 0 aliphatic carbocycles. The fourth-order valence-electron chi connectivity index (χ4n) is 3.33. The van der Waals surface area contributed by atoms with Crippen molar-refractivity contribution in [2.45, 2.75) is 44.3 Å². The van der Waals surface area contributed by atoms with E-state index in [1.807, 2.05) is 30.3 Å². The van der Waals surface area contributed by atoms with Crippen molar-refractivity contribution >= 4 is 0 Å². The number of fused-ring (bicyclic) bond motifs is 2. The molecule has 1 aromatic rings. The molecule has 2 aliphatic rings. The van der Waals surface area contributed by atoms with Crippen LogP contribution in [0.2, 0.25) is 0 Å². The molecule has 0 amide bonds. The van der Waals surface area contributed by atoms with Crippen LogP contribution < -0.4 is 4.74 Å². The van der Waals surface area contributed by atoms with Gasteiger partial charge >= 0.3 is 0 Å². The van der Waals surface area contributed by atoms with Crippen LogP contribution in [0.15, 0.2) is 30.3 Å². The molecule has 2 heterocycles. The van der Waals surface area contributed by atoms with Gasteiger partial charge in [0.15, 0.2) is 0 Å². The van der Waals surface area contributed by atoms with Crippen LogP contribution in [0.4, 0.5) is 0 Å². The number of hydrogen-bond acceptors (Lipinski definition) is 3. The molecule has 3 rings (SSSR count). The zero-order valence-electron chi connectivity index (χ0n) is 11.0. The lowest BCUT2D eigenvalue weighted by molar-refractivity contribution is 0.0744. The molecule has 3 unspecified atom stereocenters. The maximum atomic E-state index is 9.48. The van der Waals surface area contributed by atoms with Crippen LogP contribution >= 0.6 is 0 Å². The molecule has 0 N–H and O–H groups in total. The quantitative estimate of drug-likeness (QED) is 0.760. The van der Waals surface area contributed by atoms with E-state index in [0.717, 1.165) is 37.9 Å². The standard InChI is InChI=1S/C16H19NO2/c17-12-16(11-14-7-8-15(16)19-14)9-4-10-18-13-5-2-1-3-6-13/h1-3,5-6,14-15H,4,7-11H2. The first-order valence-electron chi connectivity index (χ1n) is 7.07. The molecule has 19 heavy (non-hydrogen) atoms. The third kappa shape index (κ3) is 2.46. The third-order valence-corrected chi connectivity index (χ3v) is 4.32. The minimum Gasteiger partial charge on any atom is -0.494 e. The van der Waals surface area contributed by atoms with Crippen molar-refractivity contribution in [2.75, 3.05) is 6.61 Å². The number of para-hydroxylation sites is 1. The third-order valence-electron chi connectivity index (χ3n) is 4.32. The first kappa shape index (κ1) is 12.5. The van der Waals surface area contributed by atoms with Crippen molar-refractivity contribution in [1.29, 1.82) is 5.26 Å². The second kappa shape index (κ2) is 5.22. The molecule has 0 aromatic heterocycles. The van der Waals surface area contributed by atoms with Crippen LogP contribution in [0.25, 0.3) is 0 Å². The minimum atomic E-state index is -0.247. The Kier molecular flexibility index (Phi) is 3.44. The molecular weight excluding hydrogens is 238 g/mol. The first-order valence-corrected chi connectivity index (χ1v) is 7.07. The van der Waals surface area contributed by atoms with Gasteiger partial charge in [0, 0.05) is 0 Å². The van der Waals surface area contributed by atoms with Gasteiger partial charge in [-0.1, -0.05) is 18.2 Å². The molecule has 100 valence electrons. The highest BCUT2D eigenvalue weighted by Gasteiger charge is 2.52. The van der Waals surface area contributed by atoms with E-state index in [4.69, 9.17) is 9.47 Å². The molecule has 0 radical (unpaired) electrons. The van der Waals surface area contributed by atoms with Gasteiger partial charge in [0.1, 0.15) is 5.75 Å². The van der Waals surface area contributed by atoms with Crippen LogP contribution in [0.1, 0.15) is 32.1 Å². The molecule has 1 aromatic carbocycles. The number of rotatable bonds is 5. The van der Waals surface area contributed by atoms with Gasteiger partial charge in [-0.15, -0.1) is 0 Å². The number of hydrogen-bond donors (Lipinski definition) is 0. The van der Waals surface area contributed by atoms with Crippen molar-refractivity contribution in [3.05, 3.63) is 30.3 Å². The summed E-state index contributed by atoms with van der Waals surface area (Å²) in [6.07, 6.45) is 5.40. The average molecular weight is 257 g/mol. The summed E-state index contributed by atoms with van der Waals surface area (Å²) in [6, 6.07) is 12.4. The zero-order valence-corrected chi connectivity index (χ0v) is 11.0. The molecule has 0 spiro atoms. The molecule has 2 fully saturated rings. The summed E-state index contributed by atoms with van der Waals surface area (Å²) >= 11 is 0. The molecule has 2 saturated heterocycles. The Morgan fingerprint density at radius 1 is 1.32 bits per heavy atom. The summed E-state index contributed by atoms with van der Waals surface area (Å²) in [6.45, 7) is 0.671. The van der Waals surface area contributed by atoms with Crippen molar-refractivity contribution < 1.29 is 9.47 Å². The largest absolute Gasteiger partial charge is 0.494 e. The SMILES string of the molecule is N#CC1(CCCOc2ccccc2)CC2CCC1O2. The van der Waals surface area contributed by atoms with Crippen molar-refractivity contribution in [2.24, 2.45) is 5.41 Å². The van der Waals surface area contributed by atoms with E-state index in [0.29, 0.717) is 12.7 Å². The van der Waals surface area contributed by atoms with Crippen LogP contribution in [0.5, 0.6) is 5.75 Å². The van der Waals surface area contributed by atoms with Gasteiger partial charge < -0.3 is 9.47 Å². The second-order valence-corrected chi connectivity index (χ2v) is 5.56. The zero-order chi connectivity index (χ0) is 13.1. The number of nitrogens with zero attached hydrogens (tertiary/aromatic N) is 1. The number of ether oxygens (including phenoxy) is 2. The predicted molar refractivity (Wildman–Crippen MR) is 71.7 cm³/mol. The summed E-state index contributed by atoms with van der Waals surface area (Å²) in [5.74, 6) is 0.901. The van der Waals surface area contributed by atoms with Crippen molar-refractivity contribution in [1.82, 2.24) is 0 Å². The van der Waals surface area contributed by atoms with E-state index >= 15 is 0 Å². The molecular formula is C16H19NO2. The Bertz CT molecular complexity index is 467. The van der Waals surface area contributed by atoms with E-state index in [1.54, 1.807) is 0 Å². The summed E-state index contributed by atoms with van der Waals surface area (Å²) < 4.78 is 11.5. The van der Waals surface area contributed by atoms with Gasteiger partial charge in [-0.25, -0.2) is 0 Å². The maximum absolute atomic E-state index is 9.48. The van der Waals surface area contributed by atoms with Gasteiger partial charge in [0.2, 0.25) is 0 Å². The normalized spacial score (nSPS) is 32.2. The summed E-state index contributed by atoms with van der Waals surface area (Å²) in [5.41, 5.74) is -0.247. The Hall–Kier alpha value is -1.53. The van der Waals surface area contributed by atoms with E-state index in [9.17, 15) is 5.26 Å². The molecule has 2 aliphatic heterocycles. The lowest BCUT2D eigenvalue weighted by Crippen LogP contribution is -2.31. The van der Waals surface area contributed by atoms with Crippen LogP contribution in [0, 0.1) is 16.7 Å². The van der Waals surface area contributed by atoms with Gasteiger partial charge in [-0.3, -0.25) is 0 Å². The Morgan fingerprint density at radius 2 is 2.16 bits per heavy atom. The topological polar surface area (TPSA) is 42.2 Å². The van der Waals surface area contributed by atoms with E-state index < -0.39 is 0 Å². The van der Waals surface area contributed by atoms with E-state index in [2.05, 4.69) is 6.07 Å². The smallest absolute Gasteiger partial charge is 0.119 e. The van der Waals surface area contributed by atoms with Gasteiger partial charge in [0.25, 0.3) is 0 Å². The number of benzene rings is 1. The highest BCUT2D eigenvalue weighted by atomic mass is 16.5. The lowest BCUT2D eigenvalue weighted by atomic mass is 9.72. The molecule has 3 atom stereocenters. The van der Waals surface area contributed by atoms with Crippen LogP contribution in [-0.4, -0.2) is 18.8 Å². The van der Waals surface area contributed by atoms with Gasteiger partial charge in [-0.05, 0) is 44.2 Å². The number of nitriles is 1. The van der Waals surface area contributed by atoms with Gasteiger partial charge in [-0.2, -0.15) is 5.26 Å². The highest BCUT2D eigenvalue weighted by molar-refractivity contribution is 5.20. The molecule has 3 nitrogen and oxygen atoms in total. The molecule has 0 saturated carbocycles. The van der Waals surface area contributed by atoms with Gasteiger partial charge in [0.05, 0.1) is 30.3 Å².